The van der Waals surface area contributed by atoms with Gasteiger partial charge in [-0.2, -0.15) is 4.68 Å². The van der Waals surface area contributed by atoms with Gasteiger partial charge in [0.1, 0.15) is 23.6 Å². The Bertz CT molecular complexity index is 993. The van der Waals surface area contributed by atoms with E-state index >= 15 is 0 Å². The van der Waals surface area contributed by atoms with Crippen LogP contribution in [0.5, 0.6) is 0 Å². The summed E-state index contributed by atoms with van der Waals surface area (Å²) in [5.41, 5.74) is 1.53. The molecule has 1 saturated heterocycles. The van der Waals surface area contributed by atoms with E-state index in [2.05, 4.69) is 31.1 Å². The van der Waals surface area contributed by atoms with Crippen molar-refractivity contribution in [2.45, 2.75) is 13.1 Å². The smallest absolute Gasteiger partial charge is 0.353 e. The Hall–Kier alpha value is -2.61. The fourth-order valence-electron chi connectivity index (χ4n) is 2.65. The van der Waals surface area contributed by atoms with Gasteiger partial charge in [0.25, 0.3) is 0 Å². The Morgan fingerprint density at radius 3 is 3.00 bits per heavy atom. The molecule has 0 aromatic carbocycles. The minimum absolute atomic E-state index is 0.0657. The molecular formula is C15H15N7O2S. The normalized spacial score (nSPS) is 15.5. The van der Waals surface area contributed by atoms with Crippen LogP contribution in [0.25, 0.3) is 16.3 Å². The molecular weight excluding hydrogens is 342 g/mol. The summed E-state index contributed by atoms with van der Waals surface area (Å²) in [5, 5.41) is 10.7. The molecule has 0 radical (unpaired) electrons. The molecule has 25 heavy (non-hydrogen) atoms. The third kappa shape index (κ3) is 3.05. The molecule has 1 aliphatic heterocycles. The van der Waals surface area contributed by atoms with E-state index in [1.165, 1.54) is 22.1 Å². The molecule has 10 heteroatoms. The van der Waals surface area contributed by atoms with Crippen LogP contribution < -0.4 is 5.69 Å². The zero-order chi connectivity index (χ0) is 17.2. The summed E-state index contributed by atoms with van der Waals surface area (Å²) in [7, 11) is 0. The Kier molecular flexibility index (Phi) is 4.27. The van der Waals surface area contributed by atoms with Crippen molar-refractivity contribution in [3.05, 3.63) is 27.9 Å². The molecule has 0 unspecified atom stereocenters. The van der Waals surface area contributed by atoms with Crippen molar-refractivity contribution in [3.63, 3.8) is 0 Å². The second-order valence-electron chi connectivity index (χ2n) is 5.55. The second-order valence-corrected chi connectivity index (χ2v) is 6.41. The van der Waals surface area contributed by atoms with E-state index in [4.69, 9.17) is 11.2 Å². The number of nitrogens with zero attached hydrogens (tertiary/aromatic N) is 7. The maximum absolute atomic E-state index is 12.3. The summed E-state index contributed by atoms with van der Waals surface area (Å²) >= 11 is 1.48. The van der Waals surface area contributed by atoms with Gasteiger partial charge in [0.05, 0.1) is 18.9 Å². The van der Waals surface area contributed by atoms with Crippen LogP contribution in [0.4, 0.5) is 0 Å². The molecule has 4 rings (SSSR count). The standard InChI is InChI=1S/C15H15N7O2S/c1-2-3-22-15(23)21-10-16-12(13(21)18-19-22)14-17-11(9-25-14)8-20-4-6-24-7-5-20/h1,9-10H,3-8H2. The lowest BCUT2D eigenvalue weighted by molar-refractivity contribution is 0.0337. The SMILES string of the molecule is C#CCn1nnc2c(-c3nc(CN4CCOCC4)cs3)ncn2c1=O. The molecule has 3 aromatic heterocycles. The molecule has 1 aliphatic rings. The number of aromatic nitrogens is 6. The van der Waals surface area contributed by atoms with Crippen LogP contribution in [0.1, 0.15) is 5.69 Å². The van der Waals surface area contributed by atoms with Gasteiger partial charge in [0.15, 0.2) is 5.65 Å². The summed E-state index contributed by atoms with van der Waals surface area (Å²) in [4.78, 5) is 23.5. The summed E-state index contributed by atoms with van der Waals surface area (Å²) in [6.45, 7) is 4.15. The molecule has 0 amide bonds. The largest absolute Gasteiger partial charge is 0.379 e. The fourth-order valence-corrected chi connectivity index (χ4v) is 3.45. The van der Waals surface area contributed by atoms with Crippen molar-refractivity contribution < 1.29 is 4.74 Å². The van der Waals surface area contributed by atoms with Gasteiger partial charge >= 0.3 is 5.69 Å². The molecule has 9 nitrogen and oxygen atoms in total. The van der Waals surface area contributed by atoms with Gasteiger partial charge in [-0.25, -0.2) is 19.2 Å². The number of fused-ring (bicyclic) bond motifs is 1. The van der Waals surface area contributed by atoms with E-state index in [0.717, 1.165) is 43.2 Å². The first kappa shape index (κ1) is 15.9. The lowest BCUT2D eigenvalue weighted by Crippen LogP contribution is -2.35. The predicted molar refractivity (Wildman–Crippen MR) is 91.1 cm³/mol. The molecule has 0 aliphatic carbocycles. The molecule has 0 saturated carbocycles. The van der Waals surface area contributed by atoms with Crippen molar-refractivity contribution >= 4 is 17.0 Å². The highest BCUT2D eigenvalue weighted by Gasteiger charge is 2.17. The van der Waals surface area contributed by atoms with Crippen molar-refractivity contribution in [2.24, 2.45) is 0 Å². The summed E-state index contributed by atoms with van der Waals surface area (Å²) in [6.07, 6.45) is 6.66. The quantitative estimate of drug-likeness (QED) is 0.601. The highest BCUT2D eigenvalue weighted by molar-refractivity contribution is 7.13. The van der Waals surface area contributed by atoms with Crippen LogP contribution in [0, 0.1) is 12.3 Å². The van der Waals surface area contributed by atoms with E-state index in [1.807, 2.05) is 5.38 Å². The Balaban J connectivity index is 1.63. The molecule has 0 bridgehead atoms. The predicted octanol–water partition coefficient (Wildman–Crippen LogP) is -0.125. The third-order valence-electron chi connectivity index (χ3n) is 3.90. The molecule has 0 N–H and O–H groups in total. The molecule has 4 heterocycles. The number of hydrogen-bond donors (Lipinski definition) is 0. The fraction of sp³-hybridized carbons (Fsp3) is 0.400. The number of rotatable bonds is 4. The maximum Gasteiger partial charge on any atom is 0.353 e. The Morgan fingerprint density at radius 1 is 1.36 bits per heavy atom. The number of imidazole rings is 1. The summed E-state index contributed by atoms with van der Waals surface area (Å²) in [6, 6.07) is 0. The zero-order valence-electron chi connectivity index (χ0n) is 13.3. The van der Waals surface area contributed by atoms with Crippen molar-refractivity contribution in [1.29, 1.82) is 0 Å². The van der Waals surface area contributed by atoms with Crippen LogP contribution in [0.3, 0.4) is 0 Å². The van der Waals surface area contributed by atoms with Crippen LogP contribution in [0.15, 0.2) is 16.5 Å². The second kappa shape index (κ2) is 6.72. The van der Waals surface area contributed by atoms with E-state index in [1.54, 1.807) is 0 Å². The molecule has 128 valence electrons. The molecule has 3 aromatic rings. The first-order valence-electron chi connectivity index (χ1n) is 7.75. The van der Waals surface area contributed by atoms with Gasteiger partial charge in [0.2, 0.25) is 0 Å². The number of thiazole rings is 1. The minimum Gasteiger partial charge on any atom is -0.379 e. The highest BCUT2D eigenvalue weighted by Crippen LogP contribution is 2.25. The summed E-state index contributed by atoms with van der Waals surface area (Å²) < 4.78 is 7.81. The van der Waals surface area contributed by atoms with Gasteiger partial charge in [-0.3, -0.25) is 4.90 Å². The van der Waals surface area contributed by atoms with Crippen molar-refractivity contribution in [3.8, 4) is 23.0 Å². The number of ether oxygens (including phenoxy) is 1. The van der Waals surface area contributed by atoms with Gasteiger partial charge in [-0.15, -0.1) is 22.9 Å². The third-order valence-corrected chi connectivity index (χ3v) is 4.80. The van der Waals surface area contributed by atoms with E-state index in [-0.39, 0.29) is 12.2 Å². The van der Waals surface area contributed by atoms with Crippen LogP contribution >= 0.6 is 11.3 Å². The average molecular weight is 357 g/mol. The zero-order valence-corrected chi connectivity index (χ0v) is 14.1. The average Bonchev–Trinajstić information content (AvgIpc) is 3.25. The number of terminal acetylenes is 1. The van der Waals surface area contributed by atoms with Gasteiger partial charge < -0.3 is 4.74 Å². The van der Waals surface area contributed by atoms with E-state index in [0.29, 0.717) is 16.3 Å². The van der Waals surface area contributed by atoms with Crippen molar-refractivity contribution in [1.82, 2.24) is 34.3 Å². The first-order chi connectivity index (χ1) is 12.3. The van der Waals surface area contributed by atoms with Crippen molar-refractivity contribution in [2.75, 3.05) is 26.3 Å². The molecule has 0 atom stereocenters. The van der Waals surface area contributed by atoms with Crippen LogP contribution in [-0.4, -0.2) is 60.6 Å². The highest BCUT2D eigenvalue weighted by atomic mass is 32.1. The molecule has 0 spiro atoms. The van der Waals surface area contributed by atoms with Crippen LogP contribution in [0.2, 0.25) is 0 Å². The first-order valence-corrected chi connectivity index (χ1v) is 8.63. The maximum atomic E-state index is 12.3. The van der Waals surface area contributed by atoms with E-state index in [9.17, 15) is 4.79 Å². The lowest BCUT2D eigenvalue weighted by atomic mass is 10.3. The topological polar surface area (TPSA) is 90.4 Å². The monoisotopic (exact) mass is 357 g/mol. The van der Waals surface area contributed by atoms with Gasteiger partial charge in [0, 0.05) is 25.0 Å². The number of hydrogen-bond acceptors (Lipinski definition) is 8. The van der Waals surface area contributed by atoms with Gasteiger partial charge in [-0.1, -0.05) is 11.1 Å². The lowest BCUT2D eigenvalue weighted by Gasteiger charge is -2.25. The summed E-state index contributed by atoms with van der Waals surface area (Å²) in [5.74, 6) is 2.37. The van der Waals surface area contributed by atoms with Gasteiger partial charge in [-0.05, 0) is 0 Å². The Labute approximate surface area is 146 Å². The molecule has 1 fully saturated rings. The minimum atomic E-state index is -0.369. The number of morpholine rings is 1. The Morgan fingerprint density at radius 2 is 2.20 bits per heavy atom. The van der Waals surface area contributed by atoms with E-state index < -0.39 is 0 Å². The van der Waals surface area contributed by atoms with Crippen LogP contribution in [-0.2, 0) is 17.8 Å².